The summed E-state index contributed by atoms with van der Waals surface area (Å²) in [5.74, 6) is -0.680. The molecule has 1 N–H and O–H groups in total. The van der Waals surface area contributed by atoms with Gasteiger partial charge in [-0.15, -0.1) is 0 Å². The van der Waals surface area contributed by atoms with Gasteiger partial charge in [0, 0.05) is 26.8 Å². The van der Waals surface area contributed by atoms with Gasteiger partial charge in [0.25, 0.3) is 5.91 Å². The van der Waals surface area contributed by atoms with Crippen molar-refractivity contribution < 1.29 is 18.0 Å². The molecule has 0 radical (unpaired) electrons. The second-order valence-electron chi connectivity index (χ2n) is 6.30. The fraction of sp³-hybridized carbons (Fsp3) is 0.0500. The summed E-state index contributed by atoms with van der Waals surface area (Å²) in [6.07, 6.45) is -4.70. The maximum Gasteiger partial charge on any atom is 0.433 e. The van der Waals surface area contributed by atoms with E-state index in [0.717, 1.165) is 10.5 Å². The van der Waals surface area contributed by atoms with Crippen LogP contribution in [0.15, 0.2) is 65.1 Å². The molecule has 2 aromatic heterocycles. The van der Waals surface area contributed by atoms with Crippen molar-refractivity contribution in [2.24, 2.45) is 0 Å². The van der Waals surface area contributed by atoms with Crippen molar-refractivity contribution in [2.45, 2.75) is 6.18 Å². The van der Waals surface area contributed by atoms with Crippen molar-refractivity contribution in [1.82, 2.24) is 14.6 Å². The molecule has 0 saturated carbocycles. The lowest BCUT2D eigenvalue weighted by Gasteiger charge is -2.11. The molecule has 0 aliphatic heterocycles. The average molecular weight is 496 g/mol. The van der Waals surface area contributed by atoms with E-state index < -0.39 is 17.8 Å². The SMILES string of the molecule is O=C(Nc1cccc(Cl)c1)c1cc2nc(-c3ccc(Br)cc3)cc(C(F)(F)F)n2n1. The number of halogens is 5. The highest BCUT2D eigenvalue weighted by atomic mass is 79.9. The Kier molecular flexibility index (Phi) is 5.25. The first-order chi connectivity index (χ1) is 14.2. The van der Waals surface area contributed by atoms with Crippen LogP contribution in [0.4, 0.5) is 18.9 Å². The first-order valence-corrected chi connectivity index (χ1v) is 9.69. The molecule has 4 rings (SSSR count). The number of benzene rings is 2. The van der Waals surface area contributed by atoms with Crippen molar-refractivity contribution in [3.8, 4) is 11.3 Å². The van der Waals surface area contributed by atoms with Crippen LogP contribution in [0.5, 0.6) is 0 Å². The van der Waals surface area contributed by atoms with Crippen LogP contribution in [-0.2, 0) is 6.18 Å². The smallest absolute Gasteiger partial charge is 0.321 e. The minimum absolute atomic E-state index is 0.0982. The third-order valence-electron chi connectivity index (χ3n) is 4.17. The number of nitrogens with zero attached hydrogens (tertiary/aromatic N) is 3. The Morgan fingerprint density at radius 2 is 1.80 bits per heavy atom. The van der Waals surface area contributed by atoms with Crippen LogP contribution in [0.1, 0.15) is 16.2 Å². The van der Waals surface area contributed by atoms with E-state index in [0.29, 0.717) is 20.8 Å². The predicted molar refractivity (Wildman–Crippen MR) is 111 cm³/mol. The summed E-state index contributed by atoms with van der Waals surface area (Å²) in [4.78, 5) is 16.8. The van der Waals surface area contributed by atoms with E-state index in [1.807, 2.05) is 0 Å². The number of carbonyl (C=O) groups is 1. The van der Waals surface area contributed by atoms with E-state index in [1.165, 1.54) is 12.1 Å². The van der Waals surface area contributed by atoms with Gasteiger partial charge in [0.2, 0.25) is 0 Å². The number of aromatic nitrogens is 3. The molecule has 1 amide bonds. The van der Waals surface area contributed by atoms with Crippen LogP contribution in [0.3, 0.4) is 0 Å². The molecular weight excluding hydrogens is 485 g/mol. The van der Waals surface area contributed by atoms with Gasteiger partial charge in [-0.2, -0.15) is 18.3 Å². The molecule has 0 atom stereocenters. The van der Waals surface area contributed by atoms with Gasteiger partial charge in [-0.05, 0) is 36.4 Å². The molecule has 0 aliphatic carbocycles. The van der Waals surface area contributed by atoms with Crippen LogP contribution in [0.2, 0.25) is 5.02 Å². The third kappa shape index (κ3) is 4.17. The first-order valence-electron chi connectivity index (χ1n) is 8.51. The van der Waals surface area contributed by atoms with Gasteiger partial charge < -0.3 is 5.32 Å². The van der Waals surface area contributed by atoms with Gasteiger partial charge in [-0.3, -0.25) is 4.79 Å². The predicted octanol–water partition coefficient (Wildman–Crippen LogP) is 6.08. The molecule has 10 heteroatoms. The standard InChI is InChI=1S/C20H11BrClF3N4O/c21-12-6-4-11(5-7-12)15-9-17(20(23,24)25)29-18(27-15)10-16(28-29)19(30)26-14-3-1-2-13(22)8-14/h1-10H,(H,26,30). The Labute approximate surface area is 181 Å². The second kappa shape index (κ2) is 7.73. The summed E-state index contributed by atoms with van der Waals surface area (Å²) in [6, 6.07) is 15.2. The highest BCUT2D eigenvalue weighted by molar-refractivity contribution is 9.10. The van der Waals surface area contributed by atoms with Gasteiger partial charge in [0.05, 0.1) is 5.69 Å². The first kappa shape index (κ1) is 20.4. The number of anilines is 1. The fourth-order valence-corrected chi connectivity index (χ4v) is 3.27. The lowest BCUT2D eigenvalue weighted by atomic mass is 10.1. The lowest BCUT2D eigenvalue weighted by molar-refractivity contribution is -0.142. The molecule has 2 aromatic carbocycles. The number of fused-ring (bicyclic) bond motifs is 1. The Morgan fingerprint density at radius 3 is 2.47 bits per heavy atom. The molecular formula is C20H11BrClF3N4O. The van der Waals surface area contributed by atoms with Crippen LogP contribution < -0.4 is 5.32 Å². The topological polar surface area (TPSA) is 59.3 Å². The molecule has 0 bridgehead atoms. The van der Waals surface area contributed by atoms with Gasteiger partial charge in [-0.25, -0.2) is 9.50 Å². The Bertz CT molecular complexity index is 1260. The molecule has 30 heavy (non-hydrogen) atoms. The van der Waals surface area contributed by atoms with Crippen LogP contribution >= 0.6 is 27.5 Å². The van der Waals surface area contributed by atoms with Crippen LogP contribution in [0.25, 0.3) is 16.9 Å². The number of carbonyl (C=O) groups excluding carboxylic acids is 1. The van der Waals surface area contributed by atoms with Crippen LogP contribution in [-0.4, -0.2) is 20.5 Å². The maximum atomic E-state index is 13.7. The molecule has 0 spiro atoms. The fourth-order valence-electron chi connectivity index (χ4n) is 2.82. The zero-order chi connectivity index (χ0) is 21.5. The molecule has 5 nitrogen and oxygen atoms in total. The largest absolute Gasteiger partial charge is 0.433 e. The second-order valence-corrected chi connectivity index (χ2v) is 7.65. The van der Waals surface area contributed by atoms with Gasteiger partial charge >= 0.3 is 6.18 Å². The van der Waals surface area contributed by atoms with E-state index in [9.17, 15) is 18.0 Å². The quantitative estimate of drug-likeness (QED) is 0.375. The summed E-state index contributed by atoms with van der Waals surface area (Å²) in [5.41, 5.74) is -0.336. The minimum Gasteiger partial charge on any atom is -0.321 e. The normalized spacial score (nSPS) is 11.6. The van der Waals surface area contributed by atoms with E-state index in [2.05, 4.69) is 31.3 Å². The summed E-state index contributed by atoms with van der Waals surface area (Å²) < 4.78 is 42.4. The molecule has 0 fully saturated rings. The van der Waals surface area contributed by atoms with E-state index in [1.54, 1.807) is 42.5 Å². The monoisotopic (exact) mass is 494 g/mol. The minimum atomic E-state index is -4.70. The van der Waals surface area contributed by atoms with E-state index >= 15 is 0 Å². The van der Waals surface area contributed by atoms with E-state index in [4.69, 9.17) is 11.6 Å². The van der Waals surface area contributed by atoms with Crippen molar-refractivity contribution >= 4 is 44.8 Å². The average Bonchev–Trinajstić information content (AvgIpc) is 3.11. The Hall–Kier alpha value is -2.91. The van der Waals surface area contributed by atoms with Crippen LogP contribution in [0, 0.1) is 0 Å². The number of hydrogen-bond acceptors (Lipinski definition) is 3. The van der Waals surface area contributed by atoms with Crippen molar-refractivity contribution in [3.05, 3.63) is 81.5 Å². The Morgan fingerprint density at radius 1 is 1.07 bits per heavy atom. The summed E-state index contributed by atoms with van der Waals surface area (Å²) in [5, 5.41) is 6.79. The zero-order valence-electron chi connectivity index (χ0n) is 14.9. The summed E-state index contributed by atoms with van der Waals surface area (Å²) in [7, 11) is 0. The molecule has 0 unspecified atom stereocenters. The highest BCUT2D eigenvalue weighted by Crippen LogP contribution is 2.32. The summed E-state index contributed by atoms with van der Waals surface area (Å²) in [6.45, 7) is 0. The van der Waals surface area contributed by atoms with Crippen molar-refractivity contribution in [3.63, 3.8) is 0 Å². The van der Waals surface area contributed by atoms with E-state index in [-0.39, 0.29) is 17.0 Å². The molecule has 2 heterocycles. The third-order valence-corrected chi connectivity index (χ3v) is 4.94. The van der Waals surface area contributed by atoms with Gasteiger partial charge in [-0.1, -0.05) is 45.7 Å². The number of hydrogen-bond donors (Lipinski definition) is 1. The number of rotatable bonds is 3. The number of alkyl halides is 3. The highest BCUT2D eigenvalue weighted by Gasteiger charge is 2.35. The number of nitrogens with one attached hydrogen (secondary N) is 1. The van der Waals surface area contributed by atoms with Gasteiger partial charge in [0.15, 0.2) is 17.0 Å². The van der Waals surface area contributed by atoms with Gasteiger partial charge in [0.1, 0.15) is 0 Å². The Balaban J connectivity index is 1.78. The van der Waals surface area contributed by atoms with Crippen molar-refractivity contribution in [2.75, 3.05) is 5.32 Å². The lowest BCUT2D eigenvalue weighted by Crippen LogP contribution is -2.15. The molecule has 152 valence electrons. The summed E-state index contributed by atoms with van der Waals surface area (Å²) >= 11 is 9.17. The maximum absolute atomic E-state index is 13.7. The molecule has 4 aromatic rings. The molecule has 0 saturated heterocycles. The zero-order valence-corrected chi connectivity index (χ0v) is 17.3. The number of amides is 1. The van der Waals surface area contributed by atoms with Crippen molar-refractivity contribution in [1.29, 1.82) is 0 Å². The molecule has 0 aliphatic rings.